The normalized spacial score (nSPS) is 12.0. The third-order valence-corrected chi connectivity index (χ3v) is 2.62. The number of aromatic nitrogens is 1. The lowest BCUT2D eigenvalue weighted by molar-refractivity contribution is -0.153. The third-order valence-electron chi connectivity index (χ3n) is 2.62. The molecule has 1 aromatic heterocycles. The molecule has 6 nitrogen and oxygen atoms in total. The van der Waals surface area contributed by atoms with E-state index in [0.29, 0.717) is 6.07 Å². The van der Waals surface area contributed by atoms with Crippen molar-refractivity contribution in [3.05, 3.63) is 27.5 Å². The average Bonchev–Trinajstić information content (AvgIpc) is 2.33. The Morgan fingerprint density at radius 1 is 1.26 bits per heavy atom. The maximum absolute atomic E-state index is 12.8. The largest absolute Gasteiger partial charge is 0.460 e. The number of H-pyrrole nitrogens is 1. The van der Waals surface area contributed by atoms with Gasteiger partial charge in [-0.05, 0) is 26.8 Å². The van der Waals surface area contributed by atoms with E-state index in [-0.39, 0.29) is 5.82 Å². The van der Waals surface area contributed by atoms with Crippen molar-refractivity contribution >= 4 is 17.6 Å². The molecule has 1 aromatic rings. The fourth-order valence-electron chi connectivity index (χ4n) is 1.76. The standard InChI is InChI=1S/C14H17F3N2O4/c1-13(2,3)23-10(21)6-9(20)7-5-8(14(15,16)17)12(22)19-11(7)18-4/h5H,6H2,1-4H3,(H2,18,19,22). The highest BCUT2D eigenvalue weighted by Crippen LogP contribution is 2.28. The van der Waals surface area contributed by atoms with Crippen LogP contribution in [0.5, 0.6) is 0 Å². The Morgan fingerprint density at radius 3 is 2.26 bits per heavy atom. The lowest BCUT2D eigenvalue weighted by Gasteiger charge is -2.19. The van der Waals surface area contributed by atoms with E-state index in [2.05, 4.69) is 5.32 Å². The van der Waals surface area contributed by atoms with Crippen LogP contribution in [0, 0.1) is 0 Å². The first-order valence-electron chi connectivity index (χ1n) is 6.62. The minimum Gasteiger partial charge on any atom is -0.460 e. The van der Waals surface area contributed by atoms with E-state index in [0.717, 1.165) is 0 Å². The Hall–Kier alpha value is -2.32. The Morgan fingerprint density at radius 2 is 1.83 bits per heavy atom. The number of nitrogens with one attached hydrogen (secondary N) is 2. The zero-order chi connectivity index (χ0) is 18.0. The van der Waals surface area contributed by atoms with E-state index in [1.807, 2.05) is 4.98 Å². The van der Waals surface area contributed by atoms with Crippen LogP contribution < -0.4 is 10.9 Å². The van der Waals surface area contributed by atoms with Gasteiger partial charge in [0.25, 0.3) is 5.56 Å². The van der Waals surface area contributed by atoms with Crippen LogP contribution in [0.4, 0.5) is 19.0 Å². The molecular weight excluding hydrogens is 317 g/mol. The number of halogens is 3. The lowest BCUT2D eigenvalue weighted by Crippen LogP contribution is -2.27. The molecule has 23 heavy (non-hydrogen) atoms. The molecule has 2 N–H and O–H groups in total. The van der Waals surface area contributed by atoms with Crippen molar-refractivity contribution in [2.45, 2.75) is 39.0 Å². The number of ketones is 1. The molecule has 0 saturated carbocycles. The van der Waals surface area contributed by atoms with Crippen molar-refractivity contribution in [2.75, 3.05) is 12.4 Å². The molecule has 0 unspecified atom stereocenters. The zero-order valence-electron chi connectivity index (χ0n) is 13.1. The quantitative estimate of drug-likeness (QED) is 0.501. The van der Waals surface area contributed by atoms with Gasteiger partial charge in [0.2, 0.25) is 0 Å². The van der Waals surface area contributed by atoms with E-state index in [9.17, 15) is 27.6 Å². The lowest BCUT2D eigenvalue weighted by atomic mass is 10.1. The van der Waals surface area contributed by atoms with E-state index in [1.165, 1.54) is 7.05 Å². The van der Waals surface area contributed by atoms with Crippen LogP contribution in [0.2, 0.25) is 0 Å². The summed E-state index contributed by atoms with van der Waals surface area (Å²) in [6.45, 7) is 4.78. The fraction of sp³-hybridized carbons (Fsp3) is 0.500. The predicted octanol–water partition coefficient (Wildman–Crippen LogP) is 2.35. The summed E-state index contributed by atoms with van der Waals surface area (Å²) >= 11 is 0. The average molecular weight is 334 g/mol. The number of carbonyl (C=O) groups excluding carboxylic acids is 2. The summed E-state index contributed by atoms with van der Waals surface area (Å²) in [5, 5.41) is 2.42. The highest BCUT2D eigenvalue weighted by atomic mass is 19.4. The van der Waals surface area contributed by atoms with E-state index >= 15 is 0 Å². The molecule has 0 spiro atoms. The van der Waals surface area contributed by atoms with E-state index in [4.69, 9.17) is 4.74 Å². The van der Waals surface area contributed by atoms with Crippen molar-refractivity contribution in [3.8, 4) is 0 Å². The van der Waals surface area contributed by atoms with Crippen LogP contribution in [-0.2, 0) is 15.7 Å². The van der Waals surface area contributed by atoms with Gasteiger partial charge in [-0.25, -0.2) is 0 Å². The second-order valence-electron chi connectivity index (χ2n) is 5.73. The number of Topliss-reactive ketones (excluding diaryl/α,β-unsaturated/α-hetero) is 1. The summed E-state index contributed by atoms with van der Waals surface area (Å²) in [5.74, 6) is -1.97. The molecule has 1 heterocycles. The number of rotatable bonds is 4. The predicted molar refractivity (Wildman–Crippen MR) is 76.4 cm³/mol. The van der Waals surface area contributed by atoms with Gasteiger partial charge in [-0.2, -0.15) is 13.2 Å². The highest BCUT2D eigenvalue weighted by Gasteiger charge is 2.35. The molecule has 0 aliphatic rings. The molecule has 128 valence electrons. The number of ether oxygens (including phenoxy) is 1. The van der Waals surface area contributed by atoms with Gasteiger partial charge in [-0.1, -0.05) is 0 Å². The number of aromatic amines is 1. The maximum Gasteiger partial charge on any atom is 0.421 e. The third kappa shape index (κ3) is 5.11. The first kappa shape index (κ1) is 18.7. The van der Waals surface area contributed by atoms with Gasteiger partial charge in [0.05, 0.1) is 5.56 Å². The second kappa shape index (κ2) is 6.43. The van der Waals surface area contributed by atoms with Crippen LogP contribution in [0.3, 0.4) is 0 Å². The molecule has 1 rings (SSSR count). The topological polar surface area (TPSA) is 88.3 Å². The molecule has 0 aliphatic carbocycles. The molecule has 0 fully saturated rings. The van der Waals surface area contributed by atoms with Crippen molar-refractivity contribution in [2.24, 2.45) is 0 Å². The molecular formula is C14H17F3N2O4. The van der Waals surface area contributed by atoms with Gasteiger partial charge in [-0.15, -0.1) is 0 Å². The number of esters is 1. The number of hydrogen-bond donors (Lipinski definition) is 2. The summed E-state index contributed by atoms with van der Waals surface area (Å²) in [4.78, 5) is 37.1. The number of hydrogen-bond acceptors (Lipinski definition) is 5. The van der Waals surface area contributed by atoms with Crippen molar-refractivity contribution < 1.29 is 27.5 Å². The van der Waals surface area contributed by atoms with Crippen molar-refractivity contribution in [1.29, 1.82) is 0 Å². The molecule has 0 radical (unpaired) electrons. The maximum atomic E-state index is 12.8. The van der Waals surface area contributed by atoms with Gasteiger partial charge in [-0.3, -0.25) is 14.4 Å². The zero-order valence-corrected chi connectivity index (χ0v) is 13.1. The summed E-state index contributed by atoms with van der Waals surface area (Å²) in [7, 11) is 1.32. The molecule has 0 atom stereocenters. The smallest absolute Gasteiger partial charge is 0.421 e. The van der Waals surface area contributed by atoms with Crippen molar-refractivity contribution in [3.63, 3.8) is 0 Å². The Balaban J connectivity index is 3.18. The first-order chi connectivity index (χ1) is 10.3. The number of anilines is 1. The molecule has 0 aromatic carbocycles. The van der Waals surface area contributed by atoms with Crippen LogP contribution in [0.25, 0.3) is 0 Å². The van der Waals surface area contributed by atoms with Gasteiger partial charge in [0.1, 0.15) is 23.4 Å². The summed E-state index contributed by atoms with van der Waals surface area (Å²) in [5.41, 5.74) is -4.16. The highest BCUT2D eigenvalue weighted by molar-refractivity contribution is 6.08. The molecule has 0 saturated heterocycles. The van der Waals surface area contributed by atoms with E-state index < -0.39 is 46.6 Å². The van der Waals surface area contributed by atoms with Crippen molar-refractivity contribution in [1.82, 2.24) is 4.98 Å². The van der Waals surface area contributed by atoms with Crippen LogP contribution in [0.1, 0.15) is 43.1 Å². The molecule has 0 aliphatic heterocycles. The monoisotopic (exact) mass is 334 g/mol. The Kier molecular flexibility index (Phi) is 5.24. The fourth-order valence-corrected chi connectivity index (χ4v) is 1.76. The second-order valence-corrected chi connectivity index (χ2v) is 5.73. The number of pyridine rings is 1. The molecule has 9 heteroatoms. The summed E-state index contributed by atoms with van der Waals surface area (Å²) < 4.78 is 43.3. The van der Waals surface area contributed by atoms with Gasteiger partial charge >= 0.3 is 12.1 Å². The van der Waals surface area contributed by atoms with Gasteiger partial charge in [0.15, 0.2) is 5.78 Å². The van der Waals surface area contributed by atoms with Crippen LogP contribution >= 0.6 is 0 Å². The Bertz CT molecular complexity index is 672. The minimum atomic E-state index is -4.92. The van der Waals surface area contributed by atoms with Crippen LogP contribution in [0.15, 0.2) is 10.9 Å². The number of carbonyl (C=O) groups is 2. The van der Waals surface area contributed by atoms with Gasteiger partial charge < -0.3 is 15.0 Å². The van der Waals surface area contributed by atoms with E-state index in [1.54, 1.807) is 20.8 Å². The first-order valence-corrected chi connectivity index (χ1v) is 6.62. The number of alkyl halides is 3. The summed E-state index contributed by atoms with van der Waals surface area (Å²) in [6, 6.07) is 0.428. The van der Waals surface area contributed by atoms with Gasteiger partial charge in [0, 0.05) is 7.05 Å². The van der Waals surface area contributed by atoms with Crippen LogP contribution in [-0.4, -0.2) is 29.4 Å². The Labute approximate surface area is 130 Å². The SMILES string of the molecule is CNc1[nH]c(=O)c(C(F)(F)F)cc1C(=O)CC(=O)OC(C)(C)C. The minimum absolute atomic E-state index is 0.198. The molecule has 0 amide bonds. The summed E-state index contributed by atoms with van der Waals surface area (Å²) in [6.07, 6.45) is -5.66. The molecule has 0 bridgehead atoms.